The average molecular weight is 266 g/mol. The number of nitrogens with zero attached hydrogens (tertiary/aromatic N) is 3. The lowest BCUT2D eigenvalue weighted by molar-refractivity contribution is -0.121. The Hall–Kier alpha value is -1.36. The van der Waals surface area contributed by atoms with E-state index in [2.05, 4.69) is 21.8 Å². The number of hydrogen-bond acceptors (Lipinski definition) is 3. The van der Waals surface area contributed by atoms with Crippen molar-refractivity contribution in [1.29, 1.82) is 0 Å². The molecule has 0 atom stereocenters. The maximum atomic E-state index is 11.6. The predicted molar refractivity (Wildman–Crippen MR) is 79.2 cm³/mol. The number of amides is 1. The number of likely N-dealkylation sites (tertiary alicyclic amines) is 1. The molecule has 0 unspecified atom stereocenters. The van der Waals surface area contributed by atoms with Gasteiger partial charge in [0.1, 0.15) is 0 Å². The minimum absolute atomic E-state index is 0.0390. The highest BCUT2D eigenvalue weighted by Gasteiger charge is 2.10. The van der Waals surface area contributed by atoms with Gasteiger partial charge in [0.25, 0.3) is 0 Å². The molecule has 0 aromatic carbocycles. The van der Waals surface area contributed by atoms with Gasteiger partial charge in [-0.3, -0.25) is 4.79 Å². The van der Waals surface area contributed by atoms with E-state index in [4.69, 9.17) is 0 Å². The molecule has 0 aromatic rings. The summed E-state index contributed by atoms with van der Waals surface area (Å²) >= 11 is 0. The lowest BCUT2D eigenvalue weighted by atomic mass is 10.4. The maximum absolute atomic E-state index is 11.6. The van der Waals surface area contributed by atoms with Crippen molar-refractivity contribution in [3.63, 3.8) is 0 Å². The number of carbonyl (C=O) groups excluding carboxylic acids is 1. The lowest BCUT2D eigenvalue weighted by Gasteiger charge is -2.15. The van der Waals surface area contributed by atoms with Gasteiger partial charge in [-0.05, 0) is 45.8 Å². The van der Waals surface area contributed by atoms with E-state index in [1.165, 1.54) is 25.9 Å². The number of nitrogens with one attached hydrogen (secondary N) is 1. The van der Waals surface area contributed by atoms with Crippen LogP contribution in [0.4, 0.5) is 0 Å². The molecule has 1 aliphatic heterocycles. The smallest absolute Gasteiger partial charge is 0.239 e. The first-order valence-corrected chi connectivity index (χ1v) is 6.97. The summed E-state index contributed by atoms with van der Waals surface area (Å²) in [6.45, 7) is 10.1. The van der Waals surface area contributed by atoms with E-state index in [9.17, 15) is 4.79 Å². The van der Waals surface area contributed by atoms with Gasteiger partial charge in [-0.15, -0.1) is 0 Å². The fourth-order valence-electron chi connectivity index (χ4n) is 2.06. The number of allylic oxidation sites excluding steroid dienone is 1. The average Bonchev–Trinajstić information content (AvgIpc) is 2.85. The van der Waals surface area contributed by atoms with Crippen LogP contribution in [0.2, 0.25) is 0 Å². The molecular formula is C14H26N4O. The molecule has 19 heavy (non-hydrogen) atoms. The van der Waals surface area contributed by atoms with Gasteiger partial charge in [-0.1, -0.05) is 6.58 Å². The molecule has 1 rings (SSSR count). The topological polar surface area (TPSA) is 47.9 Å². The minimum atomic E-state index is 0.0390. The zero-order valence-corrected chi connectivity index (χ0v) is 12.2. The van der Waals surface area contributed by atoms with Crippen LogP contribution in [0.1, 0.15) is 26.2 Å². The first-order chi connectivity index (χ1) is 9.08. The van der Waals surface area contributed by atoms with Crippen LogP contribution < -0.4 is 5.32 Å². The van der Waals surface area contributed by atoms with E-state index in [0.717, 1.165) is 25.2 Å². The van der Waals surface area contributed by atoms with Crippen molar-refractivity contribution in [3.05, 3.63) is 12.3 Å². The highest BCUT2D eigenvalue weighted by atomic mass is 16.2. The Morgan fingerprint density at radius 2 is 2.16 bits per heavy atom. The van der Waals surface area contributed by atoms with E-state index >= 15 is 0 Å². The van der Waals surface area contributed by atoms with Crippen molar-refractivity contribution < 1.29 is 4.79 Å². The van der Waals surface area contributed by atoms with Gasteiger partial charge >= 0.3 is 0 Å². The highest BCUT2D eigenvalue weighted by Crippen LogP contribution is 2.06. The number of aliphatic imine (C=N–C) groups is 1. The monoisotopic (exact) mass is 266 g/mol. The normalized spacial score (nSPS) is 15.9. The van der Waals surface area contributed by atoms with Crippen molar-refractivity contribution in [1.82, 2.24) is 15.1 Å². The molecule has 108 valence electrons. The Balaban J connectivity index is 2.05. The summed E-state index contributed by atoms with van der Waals surface area (Å²) in [6, 6.07) is 0. The summed E-state index contributed by atoms with van der Waals surface area (Å²) in [5, 5.41) is 2.93. The molecule has 1 amide bonds. The van der Waals surface area contributed by atoms with Crippen molar-refractivity contribution in [3.8, 4) is 0 Å². The largest absolute Gasteiger partial charge is 0.356 e. The van der Waals surface area contributed by atoms with Gasteiger partial charge < -0.3 is 15.1 Å². The molecule has 0 aromatic heterocycles. The van der Waals surface area contributed by atoms with E-state index in [1.807, 2.05) is 14.0 Å². The fourth-order valence-corrected chi connectivity index (χ4v) is 2.06. The molecule has 1 aliphatic rings. The van der Waals surface area contributed by atoms with Crippen molar-refractivity contribution in [2.45, 2.75) is 26.2 Å². The first kappa shape index (κ1) is 15.7. The van der Waals surface area contributed by atoms with Gasteiger partial charge in [0.15, 0.2) is 0 Å². The van der Waals surface area contributed by atoms with Gasteiger partial charge in [-0.2, -0.15) is 0 Å². The Morgan fingerprint density at radius 3 is 2.79 bits per heavy atom. The van der Waals surface area contributed by atoms with Crippen LogP contribution in [0, 0.1) is 0 Å². The molecule has 0 spiro atoms. The molecule has 0 aliphatic carbocycles. The fraction of sp³-hybridized carbons (Fsp3) is 0.714. The number of likely N-dealkylation sites (N-methyl/N-ethyl adjacent to an activating group) is 1. The Morgan fingerprint density at radius 1 is 1.47 bits per heavy atom. The SMILES string of the molecule is C=C(C)N=CN(C)CC(=O)NCCCN1CCCC1. The standard InChI is InChI=1S/C14H26N4O/c1-13(2)16-12-17(3)11-14(19)15-7-6-10-18-8-4-5-9-18/h12H,1,4-11H2,2-3H3,(H,15,19). The van der Waals surface area contributed by atoms with Crippen LogP contribution >= 0.6 is 0 Å². The third-order valence-electron chi connectivity index (χ3n) is 3.04. The van der Waals surface area contributed by atoms with E-state index in [-0.39, 0.29) is 5.91 Å². The minimum Gasteiger partial charge on any atom is -0.356 e. The number of rotatable bonds is 8. The second-order valence-electron chi connectivity index (χ2n) is 5.15. The lowest BCUT2D eigenvalue weighted by Crippen LogP contribution is -2.36. The Bertz CT molecular complexity index is 321. The second-order valence-corrected chi connectivity index (χ2v) is 5.15. The van der Waals surface area contributed by atoms with Crippen LogP contribution in [0.3, 0.4) is 0 Å². The van der Waals surface area contributed by atoms with Crippen LogP contribution in [0.25, 0.3) is 0 Å². The summed E-state index contributed by atoms with van der Waals surface area (Å²) < 4.78 is 0. The van der Waals surface area contributed by atoms with Gasteiger partial charge in [0.05, 0.1) is 12.9 Å². The summed E-state index contributed by atoms with van der Waals surface area (Å²) in [5.41, 5.74) is 0.734. The van der Waals surface area contributed by atoms with E-state index in [1.54, 1.807) is 11.2 Å². The van der Waals surface area contributed by atoms with Crippen LogP contribution in [0.5, 0.6) is 0 Å². The Labute approximate surface area is 116 Å². The zero-order valence-electron chi connectivity index (χ0n) is 12.2. The molecule has 0 bridgehead atoms. The van der Waals surface area contributed by atoms with E-state index in [0.29, 0.717) is 6.54 Å². The van der Waals surface area contributed by atoms with Crippen molar-refractivity contribution in [2.24, 2.45) is 4.99 Å². The van der Waals surface area contributed by atoms with Crippen LogP contribution in [-0.4, -0.2) is 61.8 Å². The van der Waals surface area contributed by atoms with Gasteiger partial charge in [0, 0.05) is 19.3 Å². The van der Waals surface area contributed by atoms with Crippen molar-refractivity contribution >= 4 is 12.2 Å². The number of carbonyl (C=O) groups is 1. The highest BCUT2D eigenvalue weighted by molar-refractivity contribution is 5.80. The molecule has 1 heterocycles. The van der Waals surface area contributed by atoms with Crippen LogP contribution in [-0.2, 0) is 4.79 Å². The molecule has 1 N–H and O–H groups in total. The molecule has 1 saturated heterocycles. The van der Waals surface area contributed by atoms with Gasteiger partial charge in [-0.25, -0.2) is 4.99 Å². The molecule has 1 fully saturated rings. The third-order valence-corrected chi connectivity index (χ3v) is 3.04. The predicted octanol–water partition coefficient (Wildman–Crippen LogP) is 1.08. The van der Waals surface area contributed by atoms with Crippen LogP contribution in [0.15, 0.2) is 17.3 Å². The third kappa shape index (κ3) is 7.62. The first-order valence-electron chi connectivity index (χ1n) is 6.97. The summed E-state index contributed by atoms with van der Waals surface area (Å²) in [6.07, 6.45) is 5.29. The molecule has 0 radical (unpaired) electrons. The molecule has 0 saturated carbocycles. The van der Waals surface area contributed by atoms with Gasteiger partial charge in [0.2, 0.25) is 5.91 Å². The zero-order chi connectivity index (χ0) is 14.1. The summed E-state index contributed by atoms with van der Waals surface area (Å²) in [4.78, 5) is 19.9. The molecule has 5 nitrogen and oxygen atoms in total. The molecule has 5 heteroatoms. The second kappa shape index (κ2) is 8.69. The maximum Gasteiger partial charge on any atom is 0.239 e. The van der Waals surface area contributed by atoms with E-state index < -0.39 is 0 Å². The summed E-state index contributed by atoms with van der Waals surface area (Å²) in [5.74, 6) is 0.0390. The van der Waals surface area contributed by atoms with Crippen molar-refractivity contribution in [2.75, 3.05) is 39.8 Å². The summed E-state index contributed by atoms with van der Waals surface area (Å²) in [7, 11) is 1.83. The molecular weight excluding hydrogens is 240 g/mol. The quantitative estimate of drug-likeness (QED) is 0.406. The number of hydrogen-bond donors (Lipinski definition) is 1. The Kier molecular flexibility index (Phi) is 7.18.